The number of amides is 1. The third kappa shape index (κ3) is 4.54. The van der Waals surface area contributed by atoms with Crippen LogP contribution in [0.15, 0.2) is 11.4 Å². The summed E-state index contributed by atoms with van der Waals surface area (Å²) < 4.78 is 18.5. The van der Waals surface area contributed by atoms with E-state index in [9.17, 15) is 9.18 Å². The summed E-state index contributed by atoms with van der Waals surface area (Å²) in [6.45, 7) is 6.47. The van der Waals surface area contributed by atoms with Crippen molar-refractivity contribution in [2.45, 2.75) is 39.2 Å². The Balaban J connectivity index is 2.50. The van der Waals surface area contributed by atoms with Crippen LogP contribution >= 0.6 is 11.6 Å². The lowest BCUT2D eigenvalue weighted by Gasteiger charge is -2.31. The van der Waals surface area contributed by atoms with Crippen molar-refractivity contribution in [1.82, 2.24) is 4.90 Å². The van der Waals surface area contributed by atoms with Gasteiger partial charge in [0.1, 0.15) is 11.4 Å². The first kappa shape index (κ1) is 14.3. The van der Waals surface area contributed by atoms with Crippen molar-refractivity contribution in [3.05, 3.63) is 11.4 Å². The van der Waals surface area contributed by atoms with Gasteiger partial charge in [-0.25, -0.2) is 9.18 Å². The van der Waals surface area contributed by atoms with Crippen molar-refractivity contribution >= 4 is 17.7 Å². The van der Waals surface area contributed by atoms with Crippen LogP contribution in [0.1, 0.15) is 33.6 Å². The highest BCUT2D eigenvalue weighted by Gasteiger charge is 2.25. The van der Waals surface area contributed by atoms with Crippen LogP contribution in [-0.4, -0.2) is 35.6 Å². The van der Waals surface area contributed by atoms with E-state index in [1.54, 1.807) is 4.90 Å². The Morgan fingerprint density at radius 1 is 1.41 bits per heavy atom. The highest BCUT2D eigenvalue weighted by molar-refractivity contribution is 6.19. The first-order valence-electron chi connectivity index (χ1n) is 5.74. The number of nitrogens with zero attached hydrogens (tertiary/aromatic N) is 1. The Kier molecular flexibility index (Phi) is 4.80. The van der Waals surface area contributed by atoms with Crippen LogP contribution in [0.25, 0.3) is 0 Å². The fourth-order valence-electron chi connectivity index (χ4n) is 1.65. The van der Waals surface area contributed by atoms with E-state index in [0.717, 1.165) is 5.57 Å². The third-order valence-electron chi connectivity index (χ3n) is 2.52. The standard InChI is InChI=1S/C12H19ClFNO2/c1-12(2,3)17-11(16)15-6-4-9(5-7-15)10(14)8-13/h4-8H2,1-3H3. The second-order valence-electron chi connectivity index (χ2n) is 5.11. The smallest absolute Gasteiger partial charge is 0.410 e. The van der Waals surface area contributed by atoms with E-state index in [4.69, 9.17) is 16.3 Å². The van der Waals surface area contributed by atoms with Crippen molar-refractivity contribution in [2.24, 2.45) is 0 Å². The van der Waals surface area contributed by atoms with Gasteiger partial charge < -0.3 is 9.64 Å². The van der Waals surface area contributed by atoms with Gasteiger partial charge in [-0.15, -0.1) is 11.6 Å². The maximum absolute atomic E-state index is 13.2. The highest BCUT2D eigenvalue weighted by Crippen LogP contribution is 2.22. The molecule has 1 aliphatic heterocycles. The molecule has 0 N–H and O–H groups in total. The summed E-state index contributed by atoms with van der Waals surface area (Å²) in [6, 6.07) is 0. The quantitative estimate of drug-likeness (QED) is 0.678. The summed E-state index contributed by atoms with van der Waals surface area (Å²) in [4.78, 5) is 13.3. The molecule has 0 radical (unpaired) electrons. The zero-order chi connectivity index (χ0) is 13.1. The van der Waals surface area contributed by atoms with Crippen LogP contribution in [0.5, 0.6) is 0 Å². The number of rotatable bonds is 1. The van der Waals surface area contributed by atoms with Gasteiger partial charge in [0.2, 0.25) is 0 Å². The Morgan fingerprint density at radius 3 is 2.35 bits per heavy atom. The second kappa shape index (κ2) is 5.71. The van der Waals surface area contributed by atoms with Crippen LogP contribution in [-0.2, 0) is 4.74 Å². The van der Waals surface area contributed by atoms with Gasteiger partial charge in [-0.1, -0.05) is 0 Å². The summed E-state index contributed by atoms with van der Waals surface area (Å²) in [7, 11) is 0. The summed E-state index contributed by atoms with van der Waals surface area (Å²) in [5.41, 5.74) is 0.231. The molecule has 1 heterocycles. The lowest BCUT2D eigenvalue weighted by atomic mass is 10.0. The molecular formula is C12H19ClFNO2. The minimum absolute atomic E-state index is 0.0816. The Bertz CT molecular complexity index is 313. The van der Waals surface area contributed by atoms with E-state index in [0.29, 0.717) is 25.9 Å². The molecule has 17 heavy (non-hydrogen) atoms. The fourth-order valence-corrected chi connectivity index (χ4v) is 1.84. The number of ether oxygens (including phenoxy) is 1. The van der Waals surface area contributed by atoms with Gasteiger partial charge in [0.15, 0.2) is 0 Å². The third-order valence-corrected chi connectivity index (χ3v) is 2.75. The Hall–Kier alpha value is -0.770. The van der Waals surface area contributed by atoms with E-state index in [1.165, 1.54) is 0 Å². The summed E-state index contributed by atoms with van der Waals surface area (Å²) in [6.07, 6.45) is 0.748. The molecule has 0 bridgehead atoms. The number of hydrogen-bond acceptors (Lipinski definition) is 2. The van der Waals surface area contributed by atoms with Gasteiger partial charge in [0.05, 0.1) is 5.88 Å². The summed E-state index contributed by atoms with van der Waals surface area (Å²) in [5, 5.41) is 0. The van der Waals surface area contributed by atoms with Crippen LogP contribution in [0.3, 0.4) is 0 Å². The number of carbonyl (C=O) groups is 1. The molecule has 0 aromatic rings. The van der Waals surface area contributed by atoms with Crippen LogP contribution in [0.4, 0.5) is 9.18 Å². The molecule has 0 aromatic carbocycles. The summed E-state index contributed by atoms with van der Waals surface area (Å²) in [5.74, 6) is -0.336. The van der Waals surface area contributed by atoms with Crippen molar-refractivity contribution in [3.8, 4) is 0 Å². The predicted molar refractivity (Wildman–Crippen MR) is 65.9 cm³/mol. The first-order valence-corrected chi connectivity index (χ1v) is 6.27. The zero-order valence-electron chi connectivity index (χ0n) is 10.6. The normalized spacial score (nSPS) is 17.0. The monoisotopic (exact) mass is 263 g/mol. The van der Waals surface area contributed by atoms with Gasteiger partial charge >= 0.3 is 6.09 Å². The van der Waals surface area contributed by atoms with Crippen molar-refractivity contribution in [2.75, 3.05) is 19.0 Å². The average Bonchev–Trinajstić information content (AvgIpc) is 2.26. The Morgan fingerprint density at radius 2 is 1.94 bits per heavy atom. The lowest BCUT2D eigenvalue weighted by molar-refractivity contribution is 0.0235. The molecule has 1 saturated heterocycles. The van der Waals surface area contributed by atoms with Gasteiger partial charge in [-0.3, -0.25) is 0 Å². The van der Waals surface area contributed by atoms with Gasteiger partial charge in [-0.05, 0) is 39.2 Å². The number of piperidine rings is 1. The molecule has 1 rings (SSSR count). The maximum Gasteiger partial charge on any atom is 0.410 e. The number of alkyl halides is 1. The number of halogens is 2. The molecule has 1 fully saturated rings. The van der Waals surface area contributed by atoms with E-state index in [2.05, 4.69) is 0 Å². The predicted octanol–water partition coefficient (Wildman–Crippen LogP) is 3.48. The zero-order valence-corrected chi connectivity index (χ0v) is 11.3. The molecule has 0 unspecified atom stereocenters. The molecule has 0 spiro atoms. The number of likely N-dealkylation sites (tertiary alicyclic amines) is 1. The lowest BCUT2D eigenvalue weighted by Crippen LogP contribution is -2.40. The number of hydrogen-bond donors (Lipinski definition) is 0. The van der Waals surface area contributed by atoms with E-state index >= 15 is 0 Å². The molecule has 5 heteroatoms. The van der Waals surface area contributed by atoms with E-state index in [-0.39, 0.29) is 17.8 Å². The van der Waals surface area contributed by atoms with Crippen molar-refractivity contribution in [3.63, 3.8) is 0 Å². The Labute approximate surface area is 107 Å². The second-order valence-corrected chi connectivity index (χ2v) is 5.38. The molecule has 1 amide bonds. The van der Waals surface area contributed by atoms with Gasteiger partial charge in [0, 0.05) is 13.1 Å². The first-order chi connectivity index (χ1) is 7.83. The molecule has 1 aliphatic rings. The number of allylic oxidation sites excluding steroid dienone is 1. The average molecular weight is 264 g/mol. The fraction of sp³-hybridized carbons (Fsp3) is 0.750. The molecular weight excluding hydrogens is 245 g/mol. The van der Waals surface area contributed by atoms with Crippen LogP contribution < -0.4 is 0 Å². The van der Waals surface area contributed by atoms with Crippen LogP contribution in [0.2, 0.25) is 0 Å². The number of carbonyl (C=O) groups excluding carboxylic acids is 1. The molecule has 0 aromatic heterocycles. The molecule has 0 saturated carbocycles. The topological polar surface area (TPSA) is 29.5 Å². The molecule has 3 nitrogen and oxygen atoms in total. The van der Waals surface area contributed by atoms with Crippen molar-refractivity contribution < 1.29 is 13.9 Å². The summed E-state index contributed by atoms with van der Waals surface area (Å²) >= 11 is 5.43. The minimum Gasteiger partial charge on any atom is -0.444 e. The van der Waals surface area contributed by atoms with Gasteiger partial charge in [-0.2, -0.15) is 0 Å². The maximum atomic E-state index is 13.2. The molecule has 0 aliphatic carbocycles. The SMILES string of the molecule is CC(C)(C)OC(=O)N1CCC(=C(F)CCl)CC1. The molecule has 0 atom stereocenters. The van der Waals surface area contributed by atoms with Crippen LogP contribution in [0, 0.1) is 0 Å². The van der Waals surface area contributed by atoms with E-state index in [1.807, 2.05) is 20.8 Å². The molecule has 98 valence electrons. The highest BCUT2D eigenvalue weighted by atomic mass is 35.5. The largest absolute Gasteiger partial charge is 0.444 e. The van der Waals surface area contributed by atoms with Crippen molar-refractivity contribution in [1.29, 1.82) is 0 Å². The van der Waals surface area contributed by atoms with Gasteiger partial charge in [0.25, 0.3) is 0 Å². The minimum atomic E-state index is -0.491. The van der Waals surface area contributed by atoms with E-state index < -0.39 is 5.60 Å².